The van der Waals surface area contributed by atoms with E-state index < -0.39 is 5.97 Å². The molecular formula is C16H15NO4. The van der Waals surface area contributed by atoms with Crippen LogP contribution in [0.4, 0.5) is 0 Å². The maximum absolute atomic E-state index is 12.5. The number of hydrogen-bond acceptors (Lipinski definition) is 3. The lowest BCUT2D eigenvalue weighted by molar-refractivity contribution is 0.0688. The number of carbonyl (C=O) groups excluding carboxylic acids is 1. The third-order valence-electron chi connectivity index (χ3n) is 3.50. The van der Waals surface area contributed by atoms with Crippen molar-refractivity contribution in [3.8, 4) is 0 Å². The van der Waals surface area contributed by atoms with Crippen LogP contribution in [-0.2, 0) is 6.54 Å². The van der Waals surface area contributed by atoms with Crippen LogP contribution in [0.3, 0.4) is 0 Å². The summed E-state index contributed by atoms with van der Waals surface area (Å²) in [5.41, 5.74) is 1.04. The number of rotatable bonds is 5. The number of amides is 1. The Labute approximate surface area is 121 Å². The summed E-state index contributed by atoms with van der Waals surface area (Å²) in [7, 11) is 0. The highest BCUT2D eigenvalue weighted by Gasteiger charge is 2.34. The second-order valence-electron chi connectivity index (χ2n) is 5.15. The minimum absolute atomic E-state index is 0.00573. The molecule has 0 radical (unpaired) electrons. The number of benzene rings is 1. The minimum atomic E-state index is -1.10. The van der Waals surface area contributed by atoms with E-state index in [4.69, 9.17) is 9.52 Å². The molecule has 0 aliphatic heterocycles. The van der Waals surface area contributed by atoms with Crippen LogP contribution in [0.2, 0.25) is 0 Å². The Balaban J connectivity index is 1.80. The molecule has 1 heterocycles. The molecule has 5 nitrogen and oxygen atoms in total. The maximum Gasteiger partial charge on any atom is 0.338 e. The Bertz CT molecular complexity index is 658. The summed E-state index contributed by atoms with van der Waals surface area (Å²) in [5, 5.41) is 8.89. The van der Waals surface area contributed by atoms with Gasteiger partial charge in [0.1, 0.15) is 6.26 Å². The van der Waals surface area contributed by atoms with Gasteiger partial charge < -0.3 is 14.4 Å². The number of hydrogen-bond donors (Lipinski definition) is 1. The van der Waals surface area contributed by atoms with Crippen LogP contribution in [0.15, 0.2) is 47.1 Å². The average molecular weight is 285 g/mol. The van der Waals surface area contributed by atoms with E-state index in [0.717, 1.165) is 24.7 Å². The summed E-state index contributed by atoms with van der Waals surface area (Å²) in [6.07, 6.45) is 3.05. The van der Waals surface area contributed by atoms with Gasteiger partial charge in [0.15, 0.2) is 5.76 Å². The van der Waals surface area contributed by atoms with Crippen molar-refractivity contribution in [1.29, 1.82) is 0 Å². The SMILES string of the molecule is O=C(O)c1coc(C(=O)N(Cc2ccccc2)C2CC2)c1. The third-order valence-corrected chi connectivity index (χ3v) is 3.50. The quantitative estimate of drug-likeness (QED) is 0.917. The second-order valence-corrected chi connectivity index (χ2v) is 5.15. The third kappa shape index (κ3) is 2.97. The zero-order valence-electron chi connectivity index (χ0n) is 11.4. The lowest BCUT2D eigenvalue weighted by atomic mass is 10.2. The minimum Gasteiger partial charge on any atom is -0.478 e. The summed E-state index contributed by atoms with van der Waals surface area (Å²) in [6.45, 7) is 0.507. The van der Waals surface area contributed by atoms with Gasteiger partial charge in [-0.3, -0.25) is 4.79 Å². The summed E-state index contributed by atoms with van der Waals surface area (Å²) in [5.74, 6) is -1.28. The van der Waals surface area contributed by atoms with Crippen molar-refractivity contribution in [3.63, 3.8) is 0 Å². The highest BCUT2D eigenvalue weighted by atomic mass is 16.4. The first-order valence-corrected chi connectivity index (χ1v) is 6.82. The molecule has 1 N–H and O–H groups in total. The predicted octanol–water partition coefficient (Wildman–Crippen LogP) is 2.78. The number of carbonyl (C=O) groups is 2. The van der Waals surface area contributed by atoms with Crippen molar-refractivity contribution in [2.75, 3.05) is 0 Å². The molecule has 5 heteroatoms. The van der Waals surface area contributed by atoms with Crippen LogP contribution >= 0.6 is 0 Å². The van der Waals surface area contributed by atoms with Crippen LogP contribution in [0.1, 0.15) is 39.3 Å². The molecule has 1 aliphatic rings. The molecule has 0 saturated heterocycles. The number of carboxylic acid groups (broad SMARTS) is 1. The smallest absolute Gasteiger partial charge is 0.338 e. The summed E-state index contributed by atoms with van der Waals surface area (Å²) in [6, 6.07) is 11.2. The van der Waals surface area contributed by atoms with Crippen LogP contribution < -0.4 is 0 Å². The van der Waals surface area contributed by atoms with Gasteiger partial charge in [0, 0.05) is 18.7 Å². The summed E-state index contributed by atoms with van der Waals surface area (Å²) in [4.78, 5) is 25.1. The van der Waals surface area contributed by atoms with Crippen LogP contribution in [0, 0.1) is 0 Å². The molecule has 0 bridgehead atoms. The molecule has 1 fully saturated rings. The van der Waals surface area contributed by atoms with Gasteiger partial charge >= 0.3 is 5.97 Å². The molecule has 108 valence electrons. The molecular weight excluding hydrogens is 270 g/mol. The number of furan rings is 1. The number of carboxylic acids is 1. The van der Waals surface area contributed by atoms with Crippen molar-refractivity contribution in [2.24, 2.45) is 0 Å². The van der Waals surface area contributed by atoms with E-state index in [0.29, 0.717) is 6.54 Å². The van der Waals surface area contributed by atoms with Crippen LogP contribution in [0.5, 0.6) is 0 Å². The van der Waals surface area contributed by atoms with E-state index in [1.54, 1.807) is 4.90 Å². The van der Waals surface area contributed by atoms with Gasteiger partial charge in [0.25, 0.3) is 5.91 Å². The van der Waals surface area contributed by atoms with Crippen LogP contribution in [-0.4, -0.2) is 27.9 Å². The van der Waals surface area contributed by atoms with Gasteiger partial charge in [-0.15, -0.1) is 0 Å². The molecule has 3 rings (SSSR count). The fourth-order valence-electron chi connectivity index (χ4n) is 2.24. The second kappa shape index (κ2) is 5.44. The van der Waals surface area contributed by atoms with E-state index in [1.807, 2.05) is 30.3 Å². The fraction of sp³-hybridized carbons (Fsp3) is 0.250. The normalized spacial score (nSPS) is 13.9. The first-order valence-electron chi connectivity index (χ1n) is 6.82. The predicted molar refractivity (Wildman–Crippen MR) is 75.0 cm³/mol. The fourth-order valence-corrected chi connectivity index (χ4v) is 2.24. The molecule has 2 aromatic rings. The maximum atomic E-state index is 12.5. The van der Waals surface area contributed by atoms with Crippen molar-refractivity contribution in [1.82, 2.24) is 4.90 Å². The van der Waals surface area contributed by atoms with Gasteiger partial charge in [-0.1, -0.05) is 30.3 Å². The molecule has 1 saturated carbocycles. The molecule has 1 aromatic heterocycles. The molecule has 1 amide bonds. The largest absolute Gasteiger partial charge is 0.478 e. The first kappa shape index (κ1) is 13.4. The van der Waals surface area contributed by atoms with Gasteiger partial charge in [-0.05, 0) is 18.4 Å². The Morgan fingerprint density at radius 3 is 2.52 bits per heavy atom. The van der Waals surface area contributed by atoms with Gasteiger partial charge in [-0.2, -0.15) is 0 Å². The molecule has 21 heavy (non-hydrogen) atoms. The van der Waals surface area contributed by atoms with Crippen molar-refractivity contribution in [2.45, 2.75) is 25.4 Å². The highest BCUT2D eigenvalue weighted by Crippen LogP contribution is 2.30. The standard InChI is InChI=1S/C16H15NO4/c18-15(14-8-12(10-21-14)16(19)20)17(13-6-7-13)9-11-4-2-1-3-5-11/h1-5,8,10,13H,6-7,9H2,(H,19,20). The Morgan fingerprint density at radius 2 is 1.95 bits per heavy atom. The van der Waals surface area contributed by atoms with Crippen molar-refractivity contribution in [3.05, 3.63) is 59.5 Å². The van der Waals surface area contributed by atoms with Gasteiger partial charge in [0.2, 0.25) is 0 Å². The van der Waals surface area contributed by atoms with E-state index in [-0.39, 0.29) is 23.3 Å². The molecule has 0 spiro atoms. The lowest BCUT2D eigenvalue weighted by Gasteiger charge is -2.21. The zero-order chi connectivity index (χ0) is 14.8. The average Bonchev–Trinajstić information content (AvgIpc) is 3.20. The van der Waals surface area contributed by atoms with E-state index in [2.05, 4.69) is 0 Å². The van der Waals surface area contributed by atoms with Gasteiger partial charge in [-0.25, -0.2) is 4.79 Å². The van der Waals surface area contributed by atoms with Gasteiger partial charge in [0.05, 0.1) is 5.56 Å². The Morgan fingerprint density at radius 1 is 1.24 bits per heavy atom. The van der Waals surface area contributed by atoms with E-state index in [9.17, 15) is 9.59 Å². The molecule has 1 aliphatic carbocycles. The topological polar surface area (TPSA) is 70.7 Å². The monoisotopic (exact) mass is 285 g/mol. The highest BCUT2D eigenvalue weighted by molar-refractivity contribution is 5.95. The Hall–Kier alpha value is -2.56. The zero-order valence-corrected chi connectivity index (χ0v) is 11.4. The van der Waals surface area contributed by atoms with Crippen LogP contribution in [0.25, 0.3) is 0 Å². The summed E-state index contributed by atoms with van der Waals surface area (Å²) >= 11 is 0. The lowest BCUT2D eigenvalue weighted by Crippen LogP contribution is -2.32. The van der Waals surface area contributed by atoms with E-state index in [1.165, 1.54) is 6.07 Å². The number of aromatic carboxylic acids is 1. The molecule has 0 unspecified atom stereocenters. The molecule has 1 aromatic carbocycles. The summed E-state index contributed by atoms with van der Waals surface area (Å²) < 4.78 is 5.11. The van der Waals surface area contributed by atoms with Crippen molar-refractivity contribution < 1.29 is 19.1 Å². The molecule has 0 atom stereocenters. The number of nitrogens with zero attached hydrogens (tertiary/aromatic N) is 1. The first-order chi connectivity index (χ1) is 10.1. The Kier molecular flexibility index (Phi) is 3.48. The van der Waals surface area contributed by atoms with E-state index >= 15 is 0 Å². The van der Waals surface area contributed by atoms with Crippen molar-refractivity contribution >= 4 is 11.9 Å².